The van der Waals surface area contributed by atoms with Gasteiger partial charge in [-0.3, -0.25) is 9.89 Å². The van der Waals surface area contributed by atoms with E-state index >= 15 is 0 Å². The molecule has 1 aromatic carbocycles. The Morgan fingerprint density at radius 3 is 2.84 bits per heavy atom. The predicted molar refractivity (Wildman–Crippen MR) is 87.8 cm³/mol. The van der Waals surface area contributed by atoms with Gasteiger partial charge in [-0.2, -0.15) is 5.10 Å². The van der Waals surface area contributed by atoms with Crippen molar-refractivity contribution in [1.29, 1.82) is 0 Å². The number of H-pyrrole nitrogens is 1. The molecule has 3 rings (SSSR count). The molecule has 2 N–H and O–H groups in total. The van der Waals surface area contributed by atoms with Gasteiger partial charge in [-0.05, 0) is 50.5 Å². The number of nitrogens with zero attached hydrogens (tertiary/aromatic N) is 2. The molecular weight excluding hydrogens is 328 g/mol. The van der Waals surface area contributed by atoms with Crippen LogP contribution in [0.4, 0.5) is 8.78 Å². The van der Waals surface area contributed by atoms with Gasteiger partial charge >= 0.3 is 0 Å². The molecule has 1 saturated heterocycles. The van der Waals surface area contributed by atoms with E-state index in [0.29, 0.717) is 6.42 Å². The lowest BCUT2D eigenvalue weighted by Gasteiger charge is -2.25. The zero-order chi connectivity index (χ0) is 18.1. The van der Waals surface area contributed by atoms with Crippen LogP contribution in [-0.4, -0.2) is 38.8 Å². The number of aryl methyl sites for hydroxylation is 2. The number of aromatic nitrogens is 2. The minimum absolute atomic E-state index is 0.112. The lowest BCUT2D eigenvalue weighted by Crippen LogP contribution is -2.32. The van der Waals surface area contributed by atoms with Crippen LogP contribution in [0, 0.1) is 25.5 Å². The van der Waals surface area contributed by atoms with E-state index < -0.39 is 23.8 Å². The van der Waals surface area contributed by atoms with E-state index in [1.54, 1.807) is 0 Å². The van der Waals surface area contributed by atoms with Gasteiger partial charge in [0, 0.05) is 24.2 Å². The van der Waals surface area contributed by atoms with E-state index in [1.165, 1.54) is 4.90 Å². The number of hydrogen-bond acceptors (Lipinski definition) is 3. The largest absolute Gasteiger partial charge is 0.391 e. The Morgan fingerprint density at radius 2 is 2.16 bits per heavy atom. The zero-order valence-corrected chi connectivity index (χ0v) is 14.2. The van der Waals surface area contributed by atoms with Crippen LogP contribution in [-0.2, 0) is 11.2 Å². The Morgan fingerprint density at radius 1 is 1.40 bits per heavy atom. The lowest BCUT2D eigenvalue weighted by molar-refractivity contribution is -0.132. The summed E-state index contributed by atoms with van der Waals surface area (Å²) in [5, 5.41) is 16.9. The Hall–Kier alpha value is -2.28. The summed E-state index contributed by atoms with van der Waals surface area (Å²) in [6, 6.07) is 2.55. The van der Waals surface area contributed by atoms with Gasteiger partial charge in [0.15, 0.2) is 0 Å². The number of aliphatic hydroxyl groups is 1. The molecule has 7 heteroatoms. The number of likely N-dealkylation sites (tertiary alicyclic amines) is 1. The first kappa shape index (κ1) is 17.5. The van der Waals surface area contributed by atoms with E-state index in [4.69, 9.17) is 0 Å². The van der Waals surface area contributed by atoms with Gasteiger partial charge in [-0.15, -0.1) is 0 Å². The molecule has 0 spiro atoms. The molecule has 2 aromatic rings. The number of halogens is 2. The highest BCUT2D eigenvalue weighted by Crippen LogP contribution is 2.34. The highest BCUT2D eigenvalue weighted by molar-refractivity contribution is 5.77. The summed E-state index contributed by atoms with van der Waals surface area (Å²) in [6.07, 6.45) is 0.198. The molecule has 25 heavy (non-hydrogen) atoms. The first-order valence-electron chi connectivity index (χ1n) is 8.29. The number of benzene rings is 1. The lowest BCUT2D eigenvalue weighted by atomic mass is 10.0. The smallest absolute Gasteiger partial charge is 0.223 e. The molecule has 5 nitrogen and oxygen atoms in total. The molecule has 1 fully saturated rings. The summed E-state index contributed by atoms with van der Waals surface area (Å²) in [5.41, 5.74) is 2.86. The van der Waals surface area contributed by atoms with Crippen LogP contribution in [0.15, 0.2) is 18.2 Å². The van der Waals surface area contributed by atoms with Crippen molar-refractivity contribution in [3.05, 3.63) is 52.3 Å². The highest BCUT2D eigenvalue weighted by Gasteiger charge is 2.36. The number of carbonyl (C=O) groups is 1. The van der Waals surface area contributed by atoms with Crippen LogP contribution < -0.4 is 0 Å². The summed E-state index contributed by atoms with van der Waals surface area (Å²) in [4.78, 5) is 14.1. The van der Waals surface area contributed by atoms with Gasteiger partial charge < -0.3 is 10.0 Å². The maximum Gasteiger partial charge on any atom is 0.223 e. The molecule has 0 unspecified atom stereocenters. The van der Waals surface area contributed by atoms with Crippen molar-refractivity contribution < 1.29 is 18.7 Å². The second-order valence-electron chi connectivity index (χ2n) is 6.53. The maximum absolute atomic E-state index is 14.1. The molecule has 1 aromatic heterocycles. The highest BCUT2D eigenvalue weighted by atomic mass is 19.1. The second-order valence-corrected chi connectivity index (χ2v) is 6.53. The molecule has 0 radical (unpaired) electrons. The third-order valence-corrected chi connectivity index (χ3v) is 4.79. The van der Waals surface area contributed by atoms with Crippen LogP contribution in [0.3, 0.4) is 0 Å². The number of amides is 1. The Kier molecular flexibility index (Phi) is 4.85. The fourth-order valence-electron chi connectivity index (χ4n) is 3.47. The number of carbonyl (C=O) groups excluding carboxylic acids is 1. The van der Waals surface area contributed by atoms with Gasteiger partial charge in [0.05, 0.1) is 17.8 Å². The molecule has 0 aliphatic carbocycles. The van der Waals surface area contributed by atoms with Crippen molar-refractivity contribution >= 4 is 5.91 Å². The molecule has 1 aliphatic heterocycles. The first-order valence-corrected chi connectivity index (χ1v) is 8.29. The molecule has 0 bridgehead atoms. The average Bonchev–Trinajstić information content (AvgIpc) is 3.10. The van der Waals surface area contributed by atoms with E-state index in [1.807, 2.05) is 13.8 Å². The van der Waals surface area contributed by atoms with Gasteiger partial charge in [-0.25, -0.2) is 8.78 Å². The van der Waals surface area contributed by atoms with Gasteiger partial charge in [0.25, 0.3) is 0 Å². The van der Waals surface area contributed by atoms with Crippen molar-refractivity contribution in [3.63, 3.8) is 0 Å². The fourth-order valence-corrected chi connectivity index (χ4v) is 3.47. The van der Waals surface area contributed by atoms with Crippen molar-refractivity contribution in [1.82, 2.24) is 15.1 Å². The number of aliphatic hydroxyl groups excluding tert-OH is 1. The summed E-state index contributed by atoms with van der Waals surface area (Å²) in [5.74, 6) is -1.32. The number of nitrogens with one attached hydrogen (secondary N) is 1. The average molecular weight is 349 g/mol. The summed E-state index contributed by atoms with van der Waals surface area (Å²) < 4.78 is 27.6. The van der Waals surface area contributed by atoms with E-state index in [2.05, 4.69) is 10.2 Å². The van der Waals surface area contributed by atoms with Crippen LogP contribution in [0.25, 0.3) is 0 Å². The summed E-state index contributed by atoms with van der Waals surface area (Å²) in [6.45, 7) is 3.89. The normalized spacial score (nSPS) is 20.3. The zero-order valence-electron chi connectivity index (χ0n) is 14.2. The molecule has 1 amide bonds. The first-order chi connectivity index (χ1) is 11.9. The van der Waals surface area contributed by atoms with Crippen molar-refractivity contribution in [2.45, 2.75) is 45.3 Å². The predicted octanol–water partition coefficient (Wildman–Crippen LogP) is 2.57. The summed E-state index contributed by atoms with van der Waals surface area (Å²) >= 11 is 0. The topological polar surface area (TPSA) is 69.2 Å². The minimum Gasteiger partial charge on any atom is -0.391 e. The molecule has 0 saturated carbocycles. The molecule has 2 atom stereocenters. The molecular formula is C18H21F2N3O2. The van der Waals surface area contributed by atoms with E-state index in [-0.39, 0.29) is 30.9 Å². The number of hydrogen-bond donors (Lipinski definition) is 2. The maximum atomic E-state index is 14.1. The van der Waals surface area contributed by atoms with E-state index in [9.17, 15) is 18.7 Å². The van der Waals surface area contributed by atoms with Crippen molar-refractivity contribution in [2.24, 2.45) is 0 Å². The summed E-state index contributed by atoms with van der Waals surface area (Å²) in [7, 11) is 0. The Labute approximate surface area is 144 Å². The fraction of sp³-hybridized carbons (Fsp3) is 0.444. The van der Waals surface area contributed by atoms with Crippen molar-refractivity contribution in [3.8, 4) is 0 Å². The quantitative estimate of drug-likeness (QED) is 0.891. The van der Waals surface area contributed by atoms with E-state index in [0.717, 1.165) is 35.2 Å². The standard InChI is InChI=1S/C18H21F2N3O2/c1-10-14(11(2)22-21-10)4-6-18(25)23-9-13(24)8-17(23)15-7-12(19)3-5-16(15)20/h3,5,7,13,17,24H,4,6,8-9H2,1-2H3,(H,21,22)/t13-,17+/m1/s1. The van der Waals surface area contributed by atoms with Gasteiger partial charge in [0.1, 0.15) is 11.6 Å². The third kappa shape index (κ3) is 3.56. The second kappa shape index (κ2) is 6.92. The van der Waals surface area contributed by atoms with Crippen molar-refractivity contribution in [2.75, 3.05) is 6.54 Å². The Bertz CT molecular complexity index is 771. The molecule has 2 heterocycles. The third-order valence-electron chi connectivity index (χ3n) is 4.79. The van der Waals surface area contributed by atoms with Gasteiger partial charge in [0.2, 0.25) is 5.91 Å². The monoisotopic (exact) mass is 349 g/mol. The van der Waals surface area contributed by atoms with Crippen LogP contribution in [0.1, 0.15) is 41.4 Å². The number of β-amino-alcohol motifs (C(OH)–C–C–N with tert-alkyl or cyclic N) is 1. The van der Waals surface area contributed by atoms with Crippen LogP contribution in [0.5, 0.6) is 0 Å². The number of aromatic amines is 1. The van der Waals surface area contributed by atoms with Crippen LogP contribution >= 0.6 is 0 Å². The van der Waals surface area contributed by atoms with Gasteiger partial charge in [-0.1, -0.05) is 0 Å². The minimum atomic E-state index is -0.742. The number of rotatable bonds is 4. The van der Waals surface area contributed by atoms with Crippen LogP contribution in [0.2, 0.25) is 0 Å². The molecule has 134 valence electrons. The molecule has 1 aliphatic rings. The SMILES string of the molecule is Cc1n[nH]c(C)c1CCC(=O)N1C[C@H](O)C[C@H]1c1cc(F)ccc1F. The Balaban J connectivity index is 1.77.